The van der Waals surface area contributed by atoms with Crippen LogP contribution in [0.15, 0.2) is 28.7 Å². The van der Waals surface area contributed by atoms with Gasteiger partial charge in [0, 0.05) is 12.1 Å². The molecule has 4 heteroatoms. The summed E-state index contributed by atoms with van der Waals surface area (Å²) in [6.45, 7) is 4.93. The maximum Gasteiger partial charge on any atom is 0.119 e. The van der Waals surface area contributed by atoms with Crippen LogP contribution in [-0.2, 0) is 6.54 Å². The average molecular weight is 295 g/mol. The first-order valence-corrected chi connectivity index (χ1v) is 6.34. The maximum absolute atomic E-state index is 5.25. The van der Waals surface area contributed by atoms with E-state index in [9.17, 15) is 0 Å². The molecule has 0 amide bonds. The van der Waals surface area contributed by atoms with E-state index in [1.165, 1.54) is 0 Å². The molecule has 0 unspecified atom stereocenters. The Morgan fingerprint density at radius 2 is 2.18 bits per heavy atom. The molecular formula is C13H15BrN2O. The minimum atomic E-state index is 0.846. The van der Waals surface area contributed by atoms with Crippen molar-refractivity contribution in [3.63, 3.8) is 0 Å². The molecule has 0 bridgehead atoms. The number of methoxy groups -OCH3 is 1. The first-order chi connectivity index (χ1) is 8.17. The number of rotatable bonds is 3. The molecule has 0 aliphatic carbocycles. The van der Waals surface area contributed by atoms with Gasteiger partial charge in [0.05, 0.1) is 23.0 Å². The van der Waals surface area contributed by atoms with Crippen LogP contribution in [0.1, 0.15) is 12.6 Å². The van der Waals surface area contributed by atoms with E-state index in [4.69, 9.17) is 4.74 Å². The lowest BCUT2D eigenvalue weighted by Gasteiger charge is -2.07. The molecule has 1 aromatic heterocycles. The second kappa shape index (κ2) is 4.92. The highest BCUT2D eigenvalue weighted by atomic mass is 79.9. The molecule has 2 rings (SSSR count). The van der Waals surface area contributed by atoms with Gasteiger partial charge in [-0.3, -0.25) is 4.68 Å². The topological polar surface area (TPSA) is 27.1 Å². The van der Waals surface area contributed by atoms with Crippen molar-refractivity contribution in [2.24, 2.45) is 0 Å². The molecule has 0 aliphatic heterocycles. The standard InChI is InChI=1S/C13H15BrN2O/c1-4-16-13(12(14)9(2)15-16)10-6-5-7-11(8-10)17-3/h5-8H,4H2,1-3H3. The number of ether oxygens (including phenoxy) is 1. The highest BCUT2D eigenvalue weighted by Crippen LogP contribution is 2.32. The van der Waals surface area contributed by atoms with Crippen molar-refractivity contribution in [1.29, 1.82) is 0 Å². The zero-order valence-corrected chi connectivity index (χ0v) is 11.8. The molecule has 0 fully saturated rings. The smallest absolute Gasteiger partial charge is 0.119 e. The molecule has 0 radical (unpaired) electrons. The summed E-state index contributed by atoms with van der Waals surface area (Å²) in [7, 11) is 1.68. The third-order valence-electron chi connectivity index (χ3n) is 2.70. The number of benzene rings is 1. The Kier molecular flexibility index (Phi) is 3.52. The third kappa shape index (κ3) is 2.22. The normalized spacial score (nSPS) is 10.6. The van der Waals surface area contributed by atoms with Crippen LogP contribution >= 0.6 is 15.9 Å². The van der Waals surface area contributed by atoms with Crippen molar-refractivity contribution < 1.29 is 4.74 Å². The van der Waals surface area contributed by atoms with Gasteiger partial charge in [0.1, 0.15) is 5.75 Å². The summed E-state index contributed by atoms with van der Waals surface area (Å²) in [4.78, 5) is 0. The van der Waals surface area contributed by atoms with Crippen molar-refractivity contribution in [1.82, 2.24) is 9.78 Å². The van der Waals surface area contributed by atoms with E-state index >= 15 is 0 Å². The molecule has 0 saturated carbocycles. The predicted molar refractivity (Wildman–Crippen MR) is 72.3 cm³/mol. The van der Waals surface area contributed by atoms with E-state index in [0.29, 0.717) is 0 Å². The fourth-order valence-corrected chi connectivity index (χ4v) is 2.35. The third-order valence-corrected chi connectivity index (χ3v) is 3.65. The number of nitrogens with zero attached hydrogens (tertiary/aromatic N) is 2. The molecule has 0 saturated heterocycles. The van der Waals surface area contributed by atoms with Gasteiger partial charge in [0.2, 0.25) is 0 Å². The maximum atomic E-state index is 5.25. The first kappa shape index (κ1) is 12.2. The van der Waals surface area contributed by atoms with E-state index < -0.39 is 0 Å². The van der Waals surface area contributed by atoms with Crippen molar-refractivity contribution >= 4 is 15.9 Å². The minimum absolute atomic E-state index is 0.846. The number of hydrogen-bond donors (Lipinski definition) is 0. The van der Waals surface area contributed by atoms with Crippen molar-refractivity contribution in [3.05, 3.63) is 34.4 Å². The van der Waals surface area contributed by atoms with Gasteiger partial charge in [-0.05, 0) is 41.9 Å². The van der Waals surface area contributed by atoms with Gasteiger partial charge in [-0.2, -0.15) is 5.10 Å². The van der Waals surface area contributed by atoms with E-state index in [1.807, 2.05) is 29.8 Å². The Morgan fingerprint density at radius 1 is 1.41 bits per heavy atom. The van der Waals surface area contributed by atoms with Gasteiger partial charge in [0.15, 0.2) is 0 Å². The molecule has 1 heterocycles. The second-order valence-corrected chi connectivity index (χ2v) is 4.59. The number of halogens is 1. The quantitative estimate of drug-likeness (QED) is 0.864. The lowest BCUT2D eigenvalue weighted by atomic mass is 10.1. The van der Waals surface area contributed by atoms with Crippen LogP contribution in [0.3, 0.4) is 0 Å². The highest BCUT2D eigenvalue weighted by molar-refractivity contribution is 9.10. The van der Waals surface area contributed by atoms with Crippen LogP contribution < -0.4 is 4.74 Å². The van der Waals surface area contributed by atoms with Gasteiger partial charge >= 0.3 is 0 Å². The molecule has 17 heavy (non-hydrogen) atoms. The number of hydrogen-bond acceptors (Lipinski definition) is 2. The minimum Gasteiger partial charge on any atom is -0.497 e. The molecule has 2 aromatic rings. The molecular weight excluding hydrogens is 280 g/mol. The van der Waals surface area contributed by atoms with E-state index in [1.54, 1.807) is 7.11 Å². The molecule has 0 atom stereocenters. The Balaban J connectivity index is 2.58. The van der Waals surface area contributed by atoms with Crippen molar-refractivity contribution in [2.75, 3.05) is 7.11 Å². The Morgan fingerprint density at radius 3 is 2.82 bits per heavy atom. The number of aryl methyl sites for hydroxylation is 2. The zero-order valence-electron chi connectivity index (χ0n) is 10.2. The molecule has 1 aromatic carbocycles. The summed E-state index contributed by atoms with van der Waals surface area (Å²) in [6, 6.07) is 8.02. The summed E-state index contributed by atoms with van der Waals surface area (Å²) in [6.07, 6.45) is 0. The number of aromatic nitrogens is 2. The summed E-state index contributed by atoms with van der Waals surface area (Å²) in [5, 5.41) is 4.49. The SMILES string of the molecule is CCn1nc(C)c(Br)c1-c1cccc(OC)c1. The summed E-state index contributed by atoms with van der Waals surface area (Å²) in [5.74, 6) is 0.857. The lowest BCUT2D eigenvalue weighted by molar-refractivity contribution is 0.415. The van der Waals surface area contributed by atoms with Gasteiger partial charge in [-0.1, -0.05) is 12.1 Å². The lowest BCUT2D eigenvalue weighted by Crippen LogP contribution is -1.99. The average Bonchev–Trinajstić information content (AvgIpc) is 2.65. The van der Waals surface area contributed by atoms with Crippen LogP contribution in [0.25, 0.3) is 11.3 Å². The highest BCUT2D eigenvalue weighted by Gasteiger charge is 2.14. The van der Waals surface area contributed by atoms with Crippen LogP contribution in [0, 0.1) is 6.92 Å². The van der Waals surface area contributed by atoms with Gasteiger partial charge in [-0.25, -0.2) is 0 Å². The fourth-order valence-electron chi connectivity index (χ4n) is 1.83. The van der Waals surface area contributed by atoms with E-state index in [0.717, 1.165) is 33.7 Å². The van der Waals surface area contributed by atoms with Crippen molar-refractivity contribution in [3.8, 4) is 17.0 Å². The summed E-state index contributed by atoms with van der Waals surface area (Å²) in [5.41, 5.74) is 3.22. The Bertz CT molecular complexity index is 534. The monoisotopic (exact) mass is 294 g/mol. The van der Waals surface area contributed by atoms with Crippen LogP contribution in [0.2, 0.25) is 0 Å². The fraction of sp³-hybridized carbons (Fsp3) is 0.308. The molecule has 0 N–H and O–H groups in total. The molecule has 90 valence electrons. The molecule has 3 nitrogen and oxygen atoms in total. The second-order valence-electron chi connectivity index (χ2n) is 3.80. The zero-order chi connectivity index (χ0) is 12.4. The Labute approximate surface area is 110 Å². The van der Waals surface area contributed by atoms with Gasteiger partial charge in [0.25, 0.3) is 0 Å². The Hall–Kier alpha value is -1.29. The van der Waals surface area contributed by atoms with E-state index in [-0.39, 0.29) is 0 Å². The van der Waals surface area contributed by atoms with Crippen LogP contribution in [-0.4, -0.2) is 16.9 Å². The largest absolute Gasteiger partial charge is 0.497 e. The summed E-state index contributed by atoms with van der Waals surface area (Å²) >= 11 is 3.60. The van der Waals surface area contributed by atoms with Gasteiger partial charge in [-0.15, -0.1) is 0 Å². The predicted octanol–water partition coefficient (Wildman–Crippen LogP) is 3.65. The van der Waals surface area contributed by atoms with Gasteiger partial charge < -0.3 is 4.74 Å². The molecule has 0 spiro atoms. The van der Waals surface area contributed by atoms with Crippen LogP contribution in [0.5, 0.6) is 5.75 Å². The van der Waals surface area contributed by atoms with Crippen LogP contribution in [0.4, 0.5) is 0 Å². The van der Waals surface area contributed by atoms with Crippen molar-refractivity contribution in [2.45, 2.75) is 20.4 Å². The summed E-state index contributed by atoms with van der Waals surface area (Å²) < 4.78 is 8.29. The molecule has 0 aliphatic rings. The first-order valence-electron chi connectivity index (χ1n) is 5.54. The van der Waals surface area contributed by atoms with E-state index in [2.05, 4.69) is 34.0 Å².